The van der Waals surface area contributed by atoms with Gasteiger partial charge >= 0.3 is 0 Å². The summed E-state index contributed by atoms with van der Waals surface area (Å²) in [5, 5.41) is 5.93. The summed E-state index contributed by atoms with van der Waals surface area (Å²) < 4.78 is 1.05. The molecule has 0 bridgehead atoms. The second kappa shape index (κ2) is 10.4. The molecule has 1 aliphatic heterocycles. The minimum atomic E-state index is -0.492. The number of nitrogens with one attached hydrogen (secondary N) is 1. The van der Waals surface area contributed by atoms with Crippen LogP contribution in [-0.2, 0) is 16.0 Å². The number of rotatable bonds is 8. The third-order valence-electron chi connectivity index (χ3n) is 5.60. The first-order valence-electron chi connectivity index (χ1n) is 11.1. The number of piperazine rings is 1. The van der Waals surface area contributed by atoms with Gasteiger partial charge in [-0.05, 0) is 36.1 Å². The molecule has 7 nitrogen and oxygen atoms in total. The summed E-state index contributed by atoms with van der Waals surface area (Å²) in [7, 11) is 0. The predicted molar refractivity (Wildman–Crippen MR) is 133 cm³/mol. The van der Waals surface area contributed by atoms with E-state index in [4.69, 9.17) is 10.7 Å². The number of anilines is 2. The predicted octanol–water partition coefficient (Wildman–Crippen LogP) is 3.71. The Morgan fingerprint density at radius 1 is 1.22 bits per heavy atom. The largest absolute Gasteiger partial charge is 0.345 e. The van der Waals surface area contributed by atoms with Crippen LogP contribution in [0.5, 0.6) is 0 Å². The quantitative estimate of drug-likeness (QED) is 0.523. The lowest BCUT2D eigenvalue weighted by Gasteiger charge is -2.35. The molecule has 0 aliphatic carbocycles. The van der Waals surface area contributed by atoms with E-state index in [0.717, 1.165) is 51.8 Å². The highest BCUT2D eigenvalue weighted by molar-refractivity contribution is 7.22. The fourth-order valence-electron chi connectivity index (χ4n) is 3.77. The van der Waals surface area contributed by atoms with Gasteiger partial charge in [-0.2, -0.15) is 0 Å². The molecule has 3 N–H and O–H groups in total. The first kappa shape index (κ1) is 22.7. The van der Waals surface area contributed by atoms with Gasteiger partial charge in [0.1, 0.15) is 0 Å². The molecule has 1 aliphatic rings. The molecule has 0 unspecified atom stereocenters. The SMILES string of the molecule is CCCCC(=O)Nc1ccc2nc(N3CCN(C(=O)[C@@H](N)Cc4cccs4)CC3)sc2c1. The van der Waals surface area contributed by atoms with Gasteiger partial charge in [0.25, 0.3) is 0 Å². The fourth-order valence-corrected chi connectivity index (χ4v) is 5.59. The zero-order valence-corrected chi connectivity index (χ0v) is 19.9. The molecule has 1 fully saturated rings. The molecule has 1 saturated heterocycles. The lowest BCUT2D eigenvalue weighted by molar-refractivity contribution is -0.132. The van der Waals surface area contributed by atoms with E-state index in [-0.39, 0.29) is 11.8 Å². The topological polar surface area (TPSA) is 91.6 Å². The number of fused-ring (bicyclic) bond motifs is 1. The van der Waals surface area contributed by atoms with E-state index >= 15 is 0 Å². The number of unbranched alkanes of at least 4 members (excludes halogenated alkanes) is 1. The Morgan fingerprint density at radius 2 is 2.03 bits per heavy atom. The molecular weight excluding hydrogens is 442 g/mol. The van der Waals surface area contributed by atoms with Gasteiger partial charge in [-0.1, -0.05) is 30.7 Å². The molecule has 0 radical (unpaired) electrons. The molecule has 32 heavy (non-hydrogen) atoms. The lowest BCUT2D eigenvalue weighted by atomic mass is 10.1. The summed E-state index contributed by atoms with van der Waals surface area (Å²) in [5.74, 6) is 0.0693. The van der Waals surface area contributed by atoms with E-state index in [9.17, 15) is 9.59 Å². The van der Waals surface area contributed by atoms with E-state index < -0.39 is 6.04 Å². The summed E-state index contributed by atoms with van der Waals surface area (Å²) in [6.45, 7) is 4.83. The third kappa shape index (κ3) is 5.46. The third-order valence-corrected chi connectivity index (χ3v) is 7.58. The van der Waals surface area contributed by atoms with E-state index in [0.29, 0.717) is 25.9 Å². The van der Waals surface area contributed by atoms with Crippen LogP contribution in [0.4, 0.5) is 10.8 Å². The maximum Gasteiger partial charge on any atom is 0.239 e. The second-order valence-electron chi connectivity index (χ2n) is 8.03. The van der Waals surface area contributed by atoms with E-state index in [1.807, 2.05) is 40.6 Å². The maximum absolute atomic E-state index is 12.7. The minimum Gasteiger partial charge on any atom is -0.345 e. The fraction of sp³-hybridized carbons (Fsp3) is 0.435. The Bertz CT molecular complexity index is 1060. The zero-order valence-electron chi connectivity index (χ0n) is 18.3. The molecule has 1 atom stereocenters. The molecule has 170 valence electrons. The van der Waals surface area contributed by atoms with Crippen LogP contribution in [0.1, 0.15) is 31.1 Å². The molecule has 0 saturated carbocycles. The smallest absolute Gasteiger partial charge is 0.239 e. The zero-order chi connectivity index (χ0) is 22.5. The number of thiophene rings is 1. The van der Waals surface area contributed by atoms with Crippen LogP contribution < -0.4 is 16.0 Å². The van der Waals surface area contributed by atoms with Crippen LogP contribution >= 0.6 is 22.7 Å². The number of nitrogens with zero attached hydrogens (tertiary/aromatic N) is 3. The first-order valence-corrected chi connectivity index (χ1v) is 12.7. The van der Waals surface area contributed by atoms with Gasteiger partial charge in [0, 0.05) is 49.6 Å². The minimum absolute atomic E-state index is 0.0193. The number of amides is 2. The van der Waals surface area contributed by atoms with Gasteiger partial charge < -0.3 is 20.9 Å². The van der Waals surface area contributed by atoms with Crippen molar-refractivity contribution in [2.75, 3.05) is 36.4 Å². The second-order valence-corrected chi connectivity index (χ2v) is 10.1. The van der Waals surface area contributed by atoms with Crippen molar-refractivity contribution in [3.63, 3.8) is 0 Å². The van der Waals surface area contributed by atoms with Crippen molar-refractivity contribution in [2.24, 2.45) is 5.73 Å². The number of hydrogen-bond donors (Lipinski definition) is 2. The van der Waals surface area contributed by atoms with Crippen LogP contribution in [0.25, 0.3) is 10.2 Å². The number of carbonyl (C=O) groups is 2. The molecular formula is C23H29N5O2S2. The van der Waals surface area contributed by atoms with Gasteiger partial charge in [-0.3, -0.25) is 9.59 Å². The summed E-state index contributed by atoms with van der Waals surface area (Å²) in [6.07, 6.45) is 3.03. The molecule has 3 aromatic rings. The number of hydrogen-bond acceptors (Lipinski definition) is 7. The Hall–Kier alpha value is -2.49. The molecule has 9 heteroatoms. The summed E-state index contributed by atoms with van der Waals surface area (Å²) in [4.78, 5) is 34.7. The van der Waals surface area contributed by atoms with Crippen molar-refractivity contribution >= 4 is 55.5 Å². The monoisotopic (exact) mass is 471 g/mol. The van der Waals surface area contributed by atoms with E-state index in [1.54, 1.807) is 22.7 Å². The first-order chi connectivity index (χ1) is 15.5. The molecule has 4 rings (SSSR count). The highest BCUT2D eigenvalue weighted by atomic mass is 32.1. The van der Waals surface area contributed by atoms with Crippen molar-refractivity contribution in [1.29, 1.82) is 0 Å². The van der Waals surface area contributed by atoms with Gasteiger partial charge in [0.15, 0.2) is 5.13 Å². The lowest BCUT2D eigenvalue weighted by Crippen LogP contribution is -2.53. The highest BCUT2D eigenvalue weighted by Crippen LogP contribution is 2.31. The average molecular weight is 472 g/mol. The van der Waals surface area contributed by atoms with Crippen molar-refractivity contribution in [3.8, 4) is 0 Å². The maximum atomic E-state index is 12.7. The van der Waals surface area contributed by atoms with Crippen LogP contribution in [0.2, 0.25) is 0 Å². The Morgan fingerprint density at radius 3 is 2.75 bits per heavy atom. The highest BCUT2D eigenvalue weighted by Gasteiger charge is 2.26. The van der Waals surface area contributed by atoms with Crippen molar-refractivity contribution in [2.45, 2.75) is 38.6 Å². The van der Waals surface area contributed by atoms with Crippen molar-refractivity contribution in [3.05, 3.63) is 40.6 Å². The van der Waals surface area contributed by atoms with Crippen LogP contribution in [-0.4, -0.2) is 53.9 Å². The Kier molecular flexibility index (Phi) is 7.39. The molecule has 2 amide bonds. The summed E-state index contributed by atoms with van der Waals surface area (Å²) >= 11 is 3.25. The van der Waals surface area contributed by atoms with Crippen LogP contribution in [0, 0.1) is 0 Å². The van der Waals surface area contributed by atoms with Crippen molar-refractivity contribution < 1.29 is 9.59 Å². The number of benzene rings is 1. The number of aromatic nitrogens is 1. The van der Waals surface area contributed by atoms with Gasteiger partial charge in [-0.25, -0.2) is 4.98 Å². The van der Waals surface area contributed by atoms with E-state index in [1.165, 1.54) is 0 Å². The number of nitrogens with two attached hydrogens (primary N) is 1. The standard InChI is InChI=1S/C23H29N5O2S2/c1-2-3-6-21(29)25-16-7-8-19-20(14-16)32-23(26-19)28-11-9-27(10-12-28)22(30)18(24)15-17-5-4-13-31-17/h4-5,7-8,13-14,18H,2-3,6,9-12,15,24H2,1H3,(H,25,29)/t18-/m0/s1. The number of carbonyl (C=O) groups excluding carboxylic acids is 2. The average Bonchev–Trinajstić information content (AvgIpc) is 3.46. The molecule has 1 aromatic carbocycles. The summed E-state index contributed by atoms with van der Waals surface area (Å²) in [6, 6.07) is 9.36. The van der Waals surface area contributed by atoms with Gasteiger partial charge in [0.2, 0.25) is 11.8 Å². The molecule has 3 heterocycles. The molecule has 2 aromatic heterocycles. The van der Waals surface area contributed by atoms with Gasteiger partial charge in [-0.15, -0.1) is 11.3 Å². The van der Waals surface area contributed by atoms with Crippen LogP contribution in [0.3, 0.4) is 0 Å². The Balaban J connectivity index is 1.34. The normalized spacial score (nSPS) is 15.2. The number of thiazole rings is 1. The van der Waals surface area contributed by atoms with Crippen molar-refractivity contribution in [1.82, 2.24) is 9.88 Å². The van der Waals surface area contributed by atoms with E-state index in [2.05, 4.69) is 17.1 Å². The van der Waals surface area contributed by atoms with Crippen LogP contribution in [0.15, 0.2) is 35.7 Å². The van der Waals surface area contributed by atoms with Gasteiger partial charge in [0.05, 0.1) is 16.3 Å². The summed E-state index contributed by atoms with van der Waals surface area (Å²) in [5.41, 5.74) is 7.91. The Labute approximate surface area is 196 Å². The molecule has 0 spiro atoms.